The Balaban J connectivity index is 1.41. The van der Waals surface area contributed by atoms with Gasteiger partial charge in [0.15, 0.2) is 5.11 Å². The second-order valence-electron chi connectivity index (χ2n) is 9.90. The van der Waals surface area contributed by atoms with Gasteiger partial charge in [0.25, 0.3) is 0 Å². The van der Waals surface area contributed by atoms with E-state index in [0.29, 0.717) is 43.0 Å². The van der Waals surface area contributed by atoms with Crippen molar-refractivity contribution in [1.82, 2.24) is 19.8 Å². The summed E-state index contributed by atoms with van der Waals surface area (Å²) in [6, 6.07) is 5.93. The second-order valence-corrected chi connectivity index (χ2v) is 12.2. The van der Waals surface area contributed by atoms with Crippen molar-refractivity contribution in [2.75, 3.05) is 19.8 Å². The van der Waals surface area contributed by atoms with Crippen molar-refractivity contribution in [2.24, 2.45) is 0 Å². The lowest BCUT2D eigenvalue weighted by Gasteiger charge is -2.29. The Labute approximate surface area is 217 Å². The summed E-state index contributed by atoms with van der Waals surface area (Å²) >= 11 is 5.75. The smallest absolute Gasteiger partial charge is 0.228 e. The molecule has 0 bridgehead atoms. The molecule has 8 nitrogen and oxygen atoms in total. The summed E-state index contributed by atoms with van der Waals surface area (Å²) in [5, 5.41) is 4.08. The third kappa shape index (κ3) is 6.42. The molecule has 1 aliphatic carbocycles. The van der Waals surface area contributed by atoms with E-state index in [2.05, 4.69) is 15.2 Å². The fourth-order valence-electron chi connectivity index (χ4n) is 4.76. The average Bonchev–Trinajstić information content (AvgIpc) is 3.24. The Morgan fingerprint density at radius 1 is 1.11 bits per heavy atom. The molecule has 0 radical (unpaired) electrons. The molecule has 0 spiro atoms. The molecule has 3 heterocycles. The zero-order valence-corrected chi connectivity index (χ0v) is 21.9. The van der Waals surface area contributed by atoms with Crippen LogP contribution in [0.5, 0.6) is 0 Å². The van der Waals surface area contributed by atoms with Crippen molar-refractivity contribution < 1.29 is 22.3 Å². The molecule has 2 aliphatic heterocycles. The van der Waals surface area contributed by atoms with Crippen molar-refractivity contribution in [2.45, 2.75) is 80.8 Å². The molecular weight excluding hydrogens is 503 g/mol. The zero-order chi connectivity index (χ0) is 25.1. The number of hydrogen-bond donors (Lipinski definition) is 1. The number of benzene rings is 1. The van der Waals surface area contributed by atoms with Crippen LogP contribution in [0.3, 0.4) is 0 Å². The van der Waals surface area contributed by atoms with Crippen LogP contribution in [0.2, 0.25) is 0 Å². The standard InChI is InChI=1S/C25H33FN4O4S2/c26-19-7-5-18(6-8-19)17-36(31,32)25-27-13-21(30(25)16-23-4-2-12-34-23)14-29(15-22-3-1-11-33-22)24(35)28-20-9-10-20/h5-8,13,20,22-23H,1-4,9-12,14-17H2,(H,28,35)/t22-,23+/m0/s1. The molecule has 0 unspecified atom stereocenters. The molecule has 11 heteroatoms. The van der Waals surface area contributed by atoms with E-state index in [1.165, 1.54) is 24.3 Å². The number of nitrogens with one attached hydrogen (secondary N) is 1. The van der Waals surface area contributed by atoms with E-state index in [9.17, 15) is 12.8 Å². The summed E-state index contributed by atoms with van der Waals surface area (Å²) in [7, 11) is -3.78. The molecule has 0 amide bonds. The highest BCUT2D eigenvalue weighted by Gasteiger charge is 2.30. The number of imidazole rings is 1. The Kier molecular flexibility index (Phi) is 7.90. The minimum Gasteiger partial charge on any atom is -0.376 e. The van der Waals surface area contributed by atoms with Crippen molar-refractivity contribution in [3.05, 3.63) is 47.5 Å². The normalized spacial score (nSPS) is 22.1. The van der Waals surface area contributed by atoms with Gasteiger partial charge in [-0.1, -0.05) is 12.1 Å². The van der Waals surface area contributed by atoms with Crippen LogP contribution in [0.25, 0.3) is 0 Å². The molecule has 36 heavy (non-hydrogen) atoms. The zero-order valence-electron chi connectivity index (χ0n) is 20.3. The fourth-order valence-corrected chi connectivity index (χ4v) is 6.57. The van der Waals surface area contributed by atoms with E-state index in [0.717, 1.165) is 50.8 Å². The van der Waals surface area contributed by atoms with E-state index in [4.69, 9.17) is 21.7 Å². The van der Waals surface area contributed by atoms with Crippen LogP contribution in [0.1, 0.15) is 49.8 Å². The minimum absolute atomic E-state index is 0.00969. The predicted octanol–water partition coefficient (Wildman–Crippen LogP) is 3.19. The number of sulfone groups is 1. The lowest BCUT2D eigenvalue weighted by molar-refractivity contribution is 0.0862. The van der Waals surface area contributed by atoms with Gasteiger partial charge in [0.05, 0.1) is 42.9 Å². The average molecular weight is 537 g/mol. The first-order valence-corrected chi connectivity index (χ1v) is 14.7. The van der Waals surface area contributed by atoms with Crippen LogP contribution in [-0.4, -0.2) is 66.0 Å². The summed E-state index contributed by atoms with van der Waals surface area (Å²) in [6.07, 6.45) is 7.71. The summed E-state index contributed by atoms with van der Waals surface area (Å²) < 4.78 is 53.7. The molecule has 1 saturated carbocycles. The summed E-state index contributed by atoms with van der Waals surface area (Å²) in [6.45, 7) is 2.90. The van der Waals surface area contributed by atoms with Crippen LogP contribution in [-0.2, 0) is 38.2 Å². The largest absolute Gasteiger partial charge is 0.376 e. The maximum Gasteiger partial charge on any atom is 0.228 e. The van der Waals surface area contributed by atoms with E-state index < -0.39 is 15.7 Å². The van der Waals surface area contributed by atoms with Crippen molar-refractivity contribution >= 4 is 27.2 Å². The third-order valence-electron chi connectivity index (χ3n) is 6.85. The molecule has 5 rings (SSSR count). The first kappa shape index (κ1) is 25.6. The number of halogens is 1. The first-order chi connectivity index (χ1) is 17.4. The lowest BCUT2D eigenvalue weighted by atomic mass is 10.2. The maximum atomic E-state index is 13.5. The van der Waals surface area contributed by atoms with E-state index >= 15 is 0 Å². The molecule has 2 saturated heterocycles. The number of nitrogens with zero attached hydrogens (tertiary/aromatic N) is 3. The minimum atomic E-state index is -3.78. The molecule has 1 N–H and O–H groups in total. The number of aromatic nitrogens is 2. The van der Waals surface area contributed by atoms with Gasteiger partial charge >= 0.3 is 0 Å². The predicted molar refractivity (Wildman–Crippen MR) is 137 cm³/mol. The van der Waals surface area contributed by atoms with Gasteiger partial charge in [-0.2, -0.15) is 0 Å². The quantitative estimate of drug-likeness (QED) is 0.464. The molecular formula is C25H33FN4O4S2. The molecule has 196 valence electrons. The molecule has 3 aliphatic rings. The highest BCUT2D eigenvalue weighted by Crippen LogP contribution is 2.24. The third-order valence-corrected chi connectivity index (χ3v) is 8.82. The van der Waals surface area contributed by atoms with Crippen molar-refractivity contribution in [3.8, 4) is 0 Å². The number of ether oxygens (including phenoxy) is 2. The Morgan fingerprint density at radius 3 is 2.44 bits per heavy atom. The van der Waals surface area contributed by atoms with Crippen LogP contribution in [0.15, 0.2) is 35.6 Å². The molecule has 1 aromatic heterocycles. The second kappa shape index (κ2) is 11.1. The summed E-state index contributed by atoms with van der Waals surface area (Å²) in [4.78, 5) is 6.46. The van der Waals surface area contributed by atoms with Gasteiger partial charge in [0, 0.05) is 25.8 Å². The number of hydrogen-bond acceptors (Lipinski definition) is 6. The lowest BCUT2D eigenvalue weighted by Crippen LogP contribution is -2.44. The van der Waals surface area contributed by atoms with E-state index in [-0.39, 0.29) is 23.1 Å². The van der Waals surface area contributed by atoms with Gasteiger partial charge in [0.1, 0.15) is 5.82 Å². The first-order valence-electron chi connectivity index (χ1n) is 12.7. The van der Waals surface area contributed by atoms with Crippen LogP contribution >= 0.6 is 12.2 Å². The maximum absolute atomic E-state index is 13.5. The molecule has 1 aromatic carbocycles. The highest BCUT2D eigenvalue weighted by molar-refractivity contribution is 7.90. The topological polar surface area (TPSA) is 85.7 Å². The van der Waals surface area contributed by atoms with Gasteiger partial charge in [-0.3, -0.25) is 0 Å². The van der Waals surface area contributed by atoms with Crippen LogP contribution in [0.4, 0.5) is 4.39 Å². The van der Waals surface area contributed by atoms with E-state index in [1.54, 1.807) is 10.8 Å². The van der Waals surface area contributed by atoms with Gasteiger partial charge < -0.3 is 24.3 Å². The van der Waals surface area contributed by atoms with Gasteiger partial charge in [-0.05, 0) is 68.4 Å². The monoisotopic (exact) mass is 536 g/mol. The Bertz CT molecular complexity index is 1160. The van der Waals surface area contributed by atoms with Crippen molar-refractivity contribution in [3.63, 3.8) is 0 Å². The Morgan fingerprint density at radius 2 is 1.81 bits per heavy atom. The van der Waals surface area contributed by atoms with Crippen LogP contribution < -0.4 is 5.32 Å². The Hall–Kier alpha value is -2.08. The molecule has 2 aromatic rings. The summed E-state index contributed by atoms with van der Waals surface area (Å²) in [5.74, 6) is -0.656. The number of rotatable bonds is 10. The van der Waals surface area contributed by atoms with Gasteiger partial charge in [0.2, 0.25) is 15.0 Å². The van der Waals surface area contributed by atoms with E-state index in [1.807, 2.05) is 0 Å². The van der Waals surface area contributed by atoms with Crippen LogP contribution in [0, 0.1) is 5.82 Å². The number of thiocarbonyl (C=S) groups is 1. The van der Waals surface area contributed by atoms with Gasteiger partial charge in [-0.15, -0.1) is 0 Å². The summed E-state index contributed by atoms with van der Waals surface area (Å²) in [5.41, 5.74) is 1.28. The molecule has 2 atom stereocenters. The van der Waals surface area contributed by atoms with Gasteiger partial charge in [-0.25, -0.2) is 17.8 Å². The highest BCUT2D eigenvalue weighted by atomic mass is 32.2. The fraction of sp³-hybridized carbons (Fsp3) is 0.600. The SMILES string of the molecule is O=S(=O)(Cc1ccc(F)cc1)c1ncc(CN(C[C@@H]2CCCO2)C(=S)NC2CC2)n1C[C@H]1CCCO1. The molecule has 3 fully saturated rings. The van der Waals surface area contributed by atoms with Crippen molar-refractivity contribution in [1.29, 1.82) is 0 Å².